The number of hydrogen-bond acceptors (Lipinski definition) is 1. The van der Waals surface area contributed by atoms with Crippen molar-refractivity contribution < 1.29 is 0 Å². The van der Waals surface area contributed by atoms with E-state index in [1.165, 1.54) is 11.1 Å². The summed E-state index contributed by atoms with van der Waals surface area (Å²) in [5, 5.41) is 3.50. The van der Waals surface area contributed by atoms with Crippen molar-refractivity contribution >= 4 is 5.69 Å². The van der Waals surface area contributed by atoms with E-state index >= 15 is 0 Å². The highest BCUT2D eigenvalue weighted by molar-refractivity contribution is 5.47. The molecule has 0 aliphatic heterocycles. The van der Waals surface area contributed by atoms with Crippen molar-refractivity contribution in [1.82, 2.24) is 5.32 Å². The van der Waals surface area contributed by atoms with Crippen LogP contribution in [0.5, 0.6) is 0 Å². The molecular formula is C18H26N2. The van der Waals surface area contributed by atoms with Gasteiger partial charge in [-0.25, -0.2) is 4.85 Å². The van der Waals surface area contributed by atoms with Crippen LogP contribution >= 0.6 is 0 Å². The lowest BCUT2D eigenvalue weighted by molar-refractivity contribution is 0.444. The Morgan fingerprint density at radius 2 is 1.80 bits per heavy atom. The molecule has 0 saturated carbocycles. The van der Waals surface area contributed by atoms with Crippen molar-refractivity contribution in [2.24, 2.45) is 5.41 Å². The molecule has 20 heavy (non-hydrogen) atoms. The van der Waals surface area contributed by atoms with E-state index in [-0.39, 0.29) is 11.3 Å². The minimum atomic E-state index is 0.0712. The van der Waals surface area contributed by atoms with E-state index in [2.05, 4.69) is 63.5 Å². The van der Waals surface area contributed by atoms with Crippen molar-refractivity contribution in [3.05, 3.63) is 53.4 Å². The summed E-state index contributed by atoms with van der Waals surface area (Å²) in [6.45, 7) is 23.1. The molecule has 0 bridgehead atoms. The van der Waals surface area contributed by atoms with E-state index < -0.39 is 0 Å². The standard InChI is InChI=1S/C18H26N2/c1-13(2)20-12-17(14(3)18(4,5)6)15-8-10-16(19-7)11-9-15/h8-11,13,17,20H,3,12H2,1-2,4-6H3. The highest BCUT2D eigenvalue weighted by atomic mass is 14.9. The maximum Gasteiger partial charge on any atom is 0.187 e. The molecule has 0 radical (unpaired) electrons. The number of nitrogens with one attached hydrogen (secondary N) is 1. The summed E-state index contributed by atoms with van der Waals surface area (Å²) in [5.74, 6) is 0.275. The van der Waals surface area contributed by atoms with E-state index in [1.54, 1.807) is 0 Å². The Morgan fingerprint density at radius 3 is 2.20 bits per heavy atom. The third-order valence-electron chi connectivity index (χ3n) is 3.54. The average Bonchev–Trinajstić information content (AvgIpc) is 2.38. The lowest BCUT2D eigenvalue weighted by Gasteiger charge is -2.31. The zero-order chi connectivity index (χ0) is 15.3. The quantitative estimate of drug-likeness (QED) is 0.593. The molecule has 2 heteroatoms. The second-order valence-corrected chi connectivity index (χ2v) is 6.59. The summed E-state index contributed by atoms with van der Waals surface area (Å²) in [4.78, 5) is 3.45. The lowest BCUT2D eigenvalue weighted by atomic mass is 9.77. The van der Waals surface area contributed by atoms with E-state index in [1.807, 2.05) is 12.1 Å². The summed E-state index contributed by atoms with van der Waals surface area (Å²) in [7, 11) is 0. The maximum atomic E-state index is 7.04. The topological polar surface area (TPSA) is 16.4 Å². The molecule has 1 rings (SSSR count). The maximum absolute atomic E-state index is 7.04. The van der Waals surface area contributed by atoms with Gasteiger partial charge in [-0.1, -0.05) is 71.0 Å². The van der Waals surface area contributed by atoms with Crippen LogP contribution in [-0.2, 0) is 0 Å². The Kier molecular flexibility index (Phi) is 5.53. The third-order valence-corrected chi connectivity index (χ3v) is 3.54. The molecule has 1 atom stereocenters. The van der Waals surface area contributed by atoms with Crippen molar-refractivity contribution in [2.45, 2.75) is 46.6 Å². The fourth-order valence-electron chi connectivity index (χ4n) is 2.10. The summed E-state index contributed by atoms with van der Waals surface area (Å²) in [5.41, 5.74) is 3.21. The van der Waals surface area contributed by atoms with Gasteiger partial charge >= 0.3 is 0 Å². The number of hydrogen-bond donors (Lipinski definition) is 1. The van der Waals surface area contributed by atoms with E-state index in [4.69, 9.17) is 6.57 Å². The van der Waals surface area contributed by atoms with Gasteiger partial charge in [0.15, 0.2) is 5.69 Å². The molecule has 2 nitrogen and oxygen atoms in total. The molecule has 1 N–H and O–H groups in total. The zero-order valence-electron chi connectivity index (χ0n) is 13.3. The first-order chi connectivity index (χ1) is 9.25. The van der Waals surface area contributed by atoms with Crippen molar-refractivity contribution in [1.29, 1.82) is 0 Å². The Morgan fingerprint density at radius 1 is 1.25 bits per heavy atom. The molecule has 108 valence electrons. The normalized spacial score (nSPS) is 13.1. The van der Waals surface area contributed by atoms with E-state index in [0.29, 0.717) is 11.7 Å². The highest BCUT2D eigenvalue weighted by Gasteiger charge is 2.24. The van der Waals surface area contributed by atoms with Crippen LogP contribution in [0.2, 0.25) is 0 Å². The van der Waals surface area contributed by atoms with Gasteiger partial charge in [0.1, 0.15) is 0 Å². The van der Waals surface area contributed by atoms with E-state index in [0.717, 1.165) is 6.54 Å². The summed E-state index contributed by atoms with van der Waals surface area (Å²) in [6, 6.07) is 8.34. The van der Waals surface area contributed by atoms with Gasteiger partial charge < -0.3 is 5.32 Å². The van der Waals surface area contributed by atoms with Gasteiger partial charge in [-0.05, 0) is 11.0 Å². The fraction of sp³-hybridized carbons (Fsp3) is 0.500. The van der Waals surface area contributed by atoms with Crippen LogP contribution < -0.4 is 5.32 Å². The van der Waals surface area contributed by atoms with Gasteiger partial charge in [0.2, 0.25) is 0 Å². The van der Waals surface area contributed by atoms with Gasteiger partial charge in [-0.15, -0.1) is 0 Å². The molecule has 1 unspecified atom stereocenters. The highest BCUT2D eigenvalue weighted by Crippen LogP contribution is 2.36. The first kappa shape index (κ1) is 16.5. The number of rotatable bonds is 5. The molecule has 0 aliphatic carbocycles. The van der Waals surface area contributed by atoms with Gasteiger partial charge in [0, 0.05) is 18.5 Å². The number of benzene rings is 1. The summed E-state index contributed by atoms with van der Waals surface area (Å²) < 4.78 is 0. The average molecular weight is 270 g/mol. The SMILES string of the molecule is [C-]#[N+]c1ccc(C(CNC(C)C)C(=C)C(C)(C)C)cc1. The summed E-state index contributed by atoms with van der Waals surface area (Å²) in [6.07, 6.45) is 0. The van der Waals surface area contributed by atoms with Gasteiger partial charge in [-0.2, -0.15) is 0 Å². The van der Waals surface area contributed by atoms with Crippen LogP contribution in [0, 0.1) is 12.0 Å². The third kappa shape index (κ3) is 4.51. The first-order valence-corrected chi connectivity index (χ1v) is 7.15. The smallest absolute Gasteiger partial charge is 0.187 e. The number of nitrogens with zero attached hydrogens (tertiary/aromatic N) is 1. The largest absolute Gasteiger partial charge is 0.314 e. The molecule has 0 spiro atoms. The van der Waals surface area contributed by atoms with Crippen LogP contribution in [0.3, 0.4) is 0 Å². The zero-order valence-corrected chi connectivity index (χ0v) is 13.3. The van der Waals surface area contributed by atoms with E-state index in [9.17, 15) is 0 Å². The molecule has 1 aromatic rings. The van der Waals surface area contributed by atoms with Crippen LogP contribution in [0.25, 0.3) is 4.85 Å². The molecule has 1 aromatic carbocycles. The fourth-order valence-corrected chi connectivity index (χ4v) is 2.10. The Bertz CT molecular complexity index is 484. The Hall–Kier alpha value is -1.59. The van der Waals surface area contributed by atoms with Crippen LogP contribution in [-0.4, -0.2) is 12.6 Å². The predicted molar refractivity (Wildman–Crippen MR) is 87.2 cm³/mol. The molecular weight excluding hydrogens is 244 g/mol. The molecule has 0 aromatic heterocycles. The van der Waals surface area contributed by atoms with Gasteiger partial charge in [0.05, 0.1) is 6.57 Å². The van der Waals surface area contributed by atoms with Crippen LogP contribution in [0.15, 0.2) is 36.4 Å². The minimum Gasteiger partial charge on any atom is -0.314 e. The first-order valence-electron chi connectivity index (χ1n) is 7.15. The molecule has 0 aliphatic rings. The monoisotopic (exact) mass is 270 g/mol. The molecule has 0 amide bonds. The molecule has 0 heterocycles. The van der Waals surface area contributed by atoms with Crippen molar-refractivity contribution in [3.8, 4) is 0 Å². The van der Waals surface area contributed by atoms with Gasteiger partial charge in [0.25, 0.3) is 0 Å². The Labute approximate surface area is 123 Å². The Balaban J connectivity index is 3.03. The van der Waals surface area contributed by atoms with Crippen molar-refractivity contribution in [2.75, 3.05) is 6.54 Å². The minimum absolute atomic E-state index is 0.0712. The lowest BCUT2D eigenvalue weighted by Crippen LogP contribution is -2.31. The predicted octanol–water partition coefficient (Wildman–Crippen LogP) is 4.92. The summed E-state index contributed by atoms with van der Waals surface area (Å²) >= 11 is 0. The second kappa shape index (κ2) is 6.72. The van der Waals surface area contributed by atoms with Crippen LogP contribution in [0.1, 0.15) is 46.1 Å². The second-order valence-electron chi connectivity index (χ2n) is 6.59. The molecule has 0 saturated heterocycles. The molecule has 0 fully saturated rings. The van der Waals surface area contributed by atoms with Crippen molar-refractivity contribution in [3.63, 3.8) is 0 Å². The van der Waals surface area contributed by atoms with Gasteiger partial charge in [-0.3, -0.25) is 0 Å². The van der Waals surface area contributed by atoms with Crippen LogP contribution in [0.4, 0.5) is 5.69 Å².